The molecule has 0 spiro atoms. The maximum Gasteiger partial charge on any atom is 0.0880 e. The van der Waals surface area contributed by atoms with E-state index in [1.807, 2.05) is 6.92 Å². The summed E-state index contributed by atoms with van der Waals surface area (Å²) in [6.07, 6.45) is 0.409. The summed E-state index contributed by atoms with van der Waals surface area (Å²) < 4.78 is 5.08. The molecule has 1 rings (SSSR count). The predicted molar refractivity (Wildman–Crippen MR) is 41.2 cm³/mol. The molecule has 3 nitrogen and oxygen atoms in total. The summed E-state index contributed by atoms with van der Waals surface area (Å²) in [5, 5.41) is 18.8. The van der Waals surface area contributed by atoms with Gasteiger partial charge in [0.1, 0.15) is 0 Å². The van der Waals surface area contributed by atoms with E-state index in [0.717, 1.165) is 0 Å². The Morgan fingerprint density at radius 2 is 1.73 bits per heavy atom. The molecule has 0 heterocycles. The lowest BCUT2D eigenvalue weighted by atomic mass is 9.83. The van der Waals surface area contributed by atoms with Crippen molar-refractivity contribution in [3.63, 3.8) is 0 Å². The van der Waals surface area contributed by atoms with Crippen molar-refractivity contribution in [1.82, 2.24) is 0 Å². The maximum atomic E-state index is 9.42. The SMILES string of the molecule is COC1C(O)CCC(O)C1C. The van der Waals surface area contributed by atoms with Gasteiger partial charge in [-0.2, -0.15) is 0 Å². The summed E-state index contributed by atoms with van der Waals surface area (Å²) in [7, 11) is 1.57. The maximum absolute atomic E-state index is 9.42. The monoisotopic (exact) mass is 160 g/mol. The third-order valence-electron chi connectivity index (χ3n) is 2.53. The predicted octanol–water partition coefficient (Wildman–Crippen LogP) is 0.153. The van der Waals surface area contributed by atoms with E-state index < -0.39 is 6.10 Å². The molecule has 4 atom stereocenters. The average molecular weight is 160 g/mol. The number of aliphatic hydroxyl groups is 2. The van der Waals surface area contributed by atoms with Crippen molar-refractivity contribution in [2.75, 3.05) is 7.11 Å². The zero-order chi connectivity index (χ0) is 8.43. The van der Waals surface area contributed by atoms with E-state index >= 15 is 0 Å². The zero-order valence-corrected chi connectivity index (χ0v) is 7.03. The van der Waals surface area contributed by atoms with Crippen molar-refractivity contribution >= 4 is 0 Å². The Morgan fingerprint density at radius 1 is 1.18 bits per heavy atom. The minimum atomic E-state index is -0.404. The fourth-order valence-corrected chi connectivity index (χ4v) is 1.71. The van der Waals surface area contributed by atoms with E-state index in [-0.39, 0.29) is 18.1 Å². The van der Waals surface area contributed by atoms with Crippen molar-refractivity contribution < 1.29 is 14.9 Å². The second-order valence-corrected chi connectivity index (χ2v) is 3.27. The van der Waals surface area contributed by atoms with Crippen LogP contribution in [0.2, 0.25) is 0 Å². The van der Waals surface area contributed by atoms with Gasteiger partial charge < -0.3 is 14.9 Å². The second-order valence-electron chi connectivity index (χ2n) is 3.27. The van der Waals surface area contributed by atoms with Crippen molar-refractivity contribution in [3.05, 3.63) is 0 Å². The van der Waals surface area contributed by atoms with Gasteiger partial charge in [-0.1, -0.05) is 6.92 Å². The first-order chi connectivity index (χ1) is 5.16. The number of rotatable bonds is 1. The van der Waals surface area contributed by atoms with Crippen LogP contribution in [0.4, 0.5) is 0 Å². The van der Waals surface area contributed by atoms with E-state index in [1.54, 1.807) is 7.11 Å². The van der Waals surface area contributed by atoms with Crippen molar-refractivity contribution in [3.8, 4) is 0 Å². The number of aliphatic hydroxyl groups excluding tert-OH is 2. The molecule has 3 heteroatoms. The fraction of sp³-hybridized carbons (Fsp3) is 1.00. The van der Waals surface area contributed by atoms with Gasteiger partial charge in [0.2, 0.25) is 0 Å². The van der Waals surface area contributed by atoms with Crippen LogP contribution in [0.25, 0.3) is 0 Å². The van der Waals surface area contributed by atoms with Gasteiger partial charge in [0.05, 0.1) is 18.3 Å². The Kier molecular flexibility index (Phi) is 2.87. The quantitative estimate of drug-likeness (QED) is 0.574. The summed E-state index contributed by atoms with van der Waals surface area (Å²) in [5.74, 6) is 0.0451. The Hall–Kier alpha value is -0.120. The molecule has 1 aliphatic carbocycles. The first-order valence-electron chi connectivity index (χ1n) is 4.05. The lowest BCUT2D eigenvalue weighted by molar-refractivity contribution is -0.106. The molecule has 0 aromatic heterocycles. The molecule has 1 fully saturated rings. The highest BCUT2D eigenvalue weighted by atomic mass is 16.5. The third-order valence-corrected chi connectivity index (χ3v) is 2.53. The highest BCUT2D eigenvalue weighted by molar-refractivity contribution is 4.85. The van der Waals surface area contributed by atoms with Crippen LogP contribution in [-0.2, 0) is 4.74 Å². The summed E-state index contributed by atoms with van der Waals surface area (Å²) in [6.45, 7) is 1.90. The molecule has 0 aromatic rings. The van der Waals surface area contributed by atoms with Gasteiger partial charge in [-0.3, -0.25) is 0 Å². The first kappa shape index (κ1) is 8.97. The molecular formula is C8H16O3. The van der Waals surface area contributed by atoms with Gasteiger partial charge >= 0.3 is 0 Å². The Balaban J connectivity index is 2.55. The molecule has 1 aliphatic rings. The Labute approximate surface area is 67.0 Å². The molecule has 0 saturated heterocycles. The smallest absolute Gasteiger partial charge is 0.0880 e. The topological polar surface area (TPSA) is 49.7 Å². The lowest BCUT2D eigenvalue weighted by Gasteiger charge is -2.35. The van der Waals surface area contributed by atoms with Crippen LogP contribution in [-0.4, -0.2) is 35.6 Å². The van der Waals surface area contributed by atoms with Crippen LogP contribution in [0.5, 0.6) is 0 Å². The van der Waals surface area contributed by atoms with Crippen LogP contribution < -0.4 is 0 Å². The van der Waals surface area contributed by atoms with E-state index in [2.05, 4.69) is 0 Å². The number of methoxy groups -OCH3 is 1. The van der Waals surface area contributed by atoms with Gasteiger partial charge in [-0.15, -0.1) is 0 Å². The van der Waals surface area contributed by atoms with Crippen LogP contribution in [0.15, 0.2) is 0 Å². The van der Waals surface area contributed by atoms with Gasteiger partial charge in [-0.05, 0) is 12.8 Å². The van der Waals surface area contributed by atoms with E-state index in [0.29, 0.717) is 12.8 Å². The van der Waals surface area contributed by atoms with Gasteiger partial charge in [0.15, 0.2) is 0 Å². The van der Waals surface area contributed by atoms with Gasteiger partial charge in [-0.25, -0.2) is 0 Å². The Morgan fingerprint density at radius 3 is 2.18 bits per heavy atom. The molecule has 11 heavy (non-hydrogen) atoms. The van der Waals surface area contributed by atoms with E-state index in [4.69, 9.17) is 4.74 Å². The molecule has 0 amide bonds. The van der Waals surface area contributed by atoms with E-state index in [9.17, 15) is 10.2 Å². The Bertz CT molecular complexity index is 127. The zero-order valence-electron chi connectivity index (χ0n) is 7.03. The number of hydrogen-bond donors (Lipinski definition) is 2. The van der Waals surface area contributed by atoms with Gasteiger partial charge in [0.25, 0.3) is 0 Å². The first-order valence-corrected chi connectivity index (χ1v) is 4.05. The molecule has 0 radical (unpaired) electrons. The normalized spacial score (nSPS) is 45.8. The summed E-state index contributed by atoms with van der Waals surface area (Å²) in [4.78, 5) is 0. The molecule has 0 aliphatic heterocycles. The largest absolute Gasteiger partial charge is 0.393 e. The molecule has 1 saturated carbocycles. The highest BCUT2D eigenvalue weighted by Gasteiger charge is 2.34. The lowest BCUT2D eigenvalue weighted by Crippen LogP contribution is -2.44. The molecule has 0 aromatic carbocycles. The molecule has 66 valence electrons. The highest BCUT2D eigenvalue weighted by Crippen LogP contribution is 2.26. The van der Waals surface area contributed by atoms with Gasteiger partial charge in [0, 0.05) is 13.0 Å². The van der Waals surface area contributed by atoms with Crippen molar-refractivity contribution in [1.29, 1.82) is 0 Å². The minimum Gasteiger partial charge on any atom is -0.393 e. The second kappa shape index (κ2) is 3.52. The number of ether oxygens (including phenoxy) is 1. The van der Waals surface area contributed by atoms with Crippen LogP contribution in [0, 0.1) is 5.92 Å². The number of hydrogen-bond acceptors (Lipinski definition) is 3. The summed E-state index contributed by atoms with van der Waals surface area (Å²) in [6, 6.07) is 0. The van der Waals surface area contributed by atoms with Crippen LogP contribution in [0.1, 0.15) is 19.8 Å². The molecule has 0 bridgehead atoms. The van der Waals surface area contributed by atoms with Crippen LogP contribution in [0.3, 0.4) is 0 Å². The fourth-order valence-electron chi connectivity index (χ4n) is 1.71. The third kappa shape index (κ3) is 1.72. The average Bonchev–Trinajstić information content (AvgIpc) is 1.99. The minimum absolute atomic E-state index is 0.0451. The molecular weight excluding hydrogens is 144 g/mol. The standard InChI is InChI=1S/C8H16O3/c1-5-6(9)3-4-7(10)8(5)11-2/h5-10H,3-4H2,1-2H3. The van der Waals surface area contributed by atoms with E-state index in [1.165, 1.54) is 0 Å². The molecule has 2 N–H and O–H groups in total. The van der Waals surface area contributed by atoms with Crippen molar-refractivity contribution in [2.24, 2.45) is 5.92 Å². The van der Waals surface area contributed by atoms with Crippen LogP contribution >= 0.6 is 0 Å². The molecule has 4 unspecified atom stereocenters. The summed E-state index contributed by atoms with van der Waals surface area (Å²) in [5.41, 5.74) is 0. The van der Waals surface area contributed by atoms with Crippen molar-refractivity contribution in [2.45, 2.75) is 38.1 Å². The summed E-state index contributed by atoms with van der Waals surface area (Å²) >= 11 is 0.